The molecule has 6 heteroatoms. The van der Waals surface area contributed by atoms with Gasteiger partial charge in [-0.2, -0.15) is 0 Å². The number of benzene rings is 2. The molecule has 0 heterocycles. The quantitative estimate of drug-likeness (QED) is 0.780. The van der Waals surface area contributed by atoms with Crippen molar-refractivity contribution in [2.45, 2.75) is 33.8 Å². The van der Waals surface area contributed by atoms with Crippen molar-refractivity contribution in [2.75, 3.05) is 6.61 Å². The van der Waals surface area contributed by atoms with E-state index in [2.05, 4.69) is 10.9 Å². The lowest BCUT2D eigenvalue weighted by Crippen LogP contribution is -2.44. The van der Waals surface area contributed by atoms with Crippen LogP contribution >= 0.6 is 0 Å². The third-order valence-electron chi connectivity index (χ3n) is 3.37. The predicted octanol–water partition coefficient (Wildman–Crippen LogP) is 2.93. The fourth-order valence-corrected chi connectivity index (χ4v) is 2.41. The maximum atomic E-state index is 12.3. The number of nitrogens with one attached hydrogen (secondary N) is 2. The molecule has 6 nitrogen and oxygen atoms in total. The summed E-state index contributed by atoms with van der Waals surface area (Å²) in [6.07, 6.45) is -0.0651. The van der Waals surface area contributed by atoms with E-state index in [1.54, 1.807) is 24.3 Å². The predicted molar refractivity (Wildman–Crippen MR) is 99.2 cm³/mol. The number of carbonyl (C=O) groups is 2. The van der Waals surface area contributed by atoms with Crippen LogP contribution in [0.2, 0.25) is 0 Å². The monoisotopic (exact) mass is 356 g/mol. The number of aryl methyl sites for hydroxylation is 2. The SMILES string of the molecule is Cc1cc(C)cc(OCC(=O)NNC(=O)c2ccccc2OC(C)C)c1. The molecule has 0 spiro atoms. The molecule has 0 bridgehead atoms. The Morgan fingerprint density at radius 3 is 2.31 bits per heavy atom. The van der Waals surface area contributed by atoms with Gasteiger partial charge >= 0.3 is 0 Å². The Labute approximate surface area is 153 Å². The topological polar surface area (TPSA) is 76.7 Å². The first kappa shape index (κ1) is 19.3. The van der Waals surface area contributed by atoms with Crippen molar-refractivity contribution in [3.8, 4) is 11.5 Å². The van der Waals surface area contributed by atoms with Crippen LogP contribution in [0.3, 0.4) is 0 Å². The number of amides is 2. The summed E-state index contributed by atoms with van der Waals surface area (Å²) < 4.78 is 11.1. The van der Waals surface area contributed by atoms with Crippen LogP contribution in [0.4, 0.5) is 0 Å². The van der Waals surface area contributed by atoms with Gasteiger partial charge in [-0.25, -0.2) is 0 Å². The fourth-order valence-electron chi connectivity index (χ4n) is 2.41. The first-order chi connectivity index (χ1) is 12.3. The zero-order chi connectivity index (χ0) is 19.1. The number of hydrogen-bond donors (Lipinski definition) is 2. The lowest BCUT2D eigenvalue weighted by Gasteiger charge is -2.14. The zero-order valence-electron chi connectivity index (χ0n) is 15.5. The molecule has 0 saturated carbocycles. The van der Waals surface area contributed by atoms with Crippen LogP contribution in [0.5, 0.6) is 11.5 Å². The summed E-state index contributed by atoms with van der Waals surface area (Å²) in [5, 5.41) is 0. The van der Waals surface area contributed by atoms with Gasteiger partial charge in [-0.15, -0.1) is 0 Å². The Morgan fingerprint density at radius 2 is 1.65 bits per heavy atom. The lowest BCUT2D eigenvalue weighted by molar-refractivity contribution is -0.123. The van der Waals surface area contributed by atoms with Crippen LogP contribution in [0, 0.1) is 13.8 Å². The zero-order valence-corrected chi connectivity index (χ0v) is 15.5. The number of hydrogen-bond acceptors (Lipinski definition) is 4. The van der Waals surface area contributed by atoms with E-state index in [-0.39, 0.29) is 12.7 Å². The van der Waals surface area contributed by atoms with Crippen LogP contribution in [0.25, 0.3) is 0 Å². The number of rotatable bonds is 6. The Balaban J connectivity index is 1.88. The Bertz CT molecular complexity index is 767. The van der Waals surface area contributed by atoms with Gasteiger partial charge in [0.05, 0.1) is 11.7 Å². The minimum absolute atomic E-state index is 0.0651. The summed E-state index contributed by atoms with van der Waals surface area (Å²) >= 11 is 0. The average Bonchev–Trinajstić information content (AvgIpc) is 2.57. The van der Waals surface area contributed by atoms with E-state index in [9.17, 15) is 9.59 Å². The molecule has 0 aliphatic heterocycles. The molecule has 0 aliphatic carbocycles. The summed E-state index contributed by atoms with van der Waals surface area (Å²) in [4.78, 5) is 24.2. The second kappa shape index (κ2) is 8.89. The van der Waals surface area contributed by atoms with Crippen molar-refractivity contribution < 1.29 is 19.1 Å². The van der Waals surface area contributed by atoms with Crippen LogP contribution in [0.15, 0.2) is 42.5 Å². The highest BCUT2D eigenvalue weighted by atomic mass is 16.5. The van der Waals surface area contributed by atoms with Gasteiger partial charge in [-0.3, -0.25) is 20.4 Å². The lowest BCUT2D eigenvalue weighted by atomic mass is 10.1. The summed E-state index contributed by atoms with van der Waals surface area (Å²) in [7, 11) is 0. The van der Waals surface area contributed by atoms with E-state index >= 15 is 0 Å². The highest BCUT2D eigenvalue weighted by Crippen LogP contribution is 2.19. The molecule has 2 aromatic rings. The van der Waals surface area contributed by atoms with E-state index < -0.39 is 11.8 Å². The van der Waals surface area contributed by atoms with Crippen molar-refractivity contribution in [1.29, 1.82) is 0 Å². The molecule has 0 aromatic heterocycles. The second-order valence-corrected chi connectivity index (χ2v) is 6.28. The van der Waals surface area contributed by atoms with Gasteiger partial charge in [-0.05, 0) is 63.1 Å². The van der Waals surface area contributed by atoms with Gasteiger partial charge in [0.25, 0.3) is 11.8 Å². The third-order valence-corrected chi connectivity index (χ3v) is 3.37. The standard InChI is InChI=1S/C20H24N2O4/c1-13(2)26-18-8-6-5-7-17(18)20(24)22-21-19(23)12-25-16-10-14(3)9-15(4)11-16/h5-11,13H,12H2,1-4H3,(H,21,23)(H,22,24). The van der Waals surface area contributed by atoms with Crippen molar-refractivity contribution in [1.82, 2.24) is 10.9 Å². The summed E-state index contributed by atoms with van der Waals surface area (Å²) in [5.41, 5.74) is 7.16. The molecule has 0 unspecified atom stereocenters. The fraction of sp³-hybridized carbons (Fsp3) is 0.300. The van der Waals surface area contributed by atoms with Gasteiger partial charge in [0.1, 0.15) is 11.5 Å². The molecule has 2 N–H and O–H groups in total. The second-order valence-electron chi connectivity index (χ2n) is 6.28. The maximum absolute atomic E-state index is 12.3. The van der Waals surface area contributed by atoms with Crippen LogP contribution in [-0.2, 0) is 4.79 Å². The van der Waals surface area contributed by atoms with Crippen molar-refractivity contribution >= 4 is 11.8 Å². The number of para-hydroxylation sites is 1. The summed E-state index contributed by atoms with van der Waals surface area (Å²) in [6, 6.07) is 12.6. The maximum Gasteiger partial charge on any atom is 0.276 e. The average molecular weight is 356 g/mol. The van der Waals surface area contributed by atoms with Crippen LogP contribution in [-0.4, -0.2) is 24.5 Å². The number of hydrazine groups is 1. The minimum atomic E-state index is -0.459. The van der Waals surface area contributed by atoms with E-state index in [0.717, 1.165) is 11.1 Å². The molecule has 0 aliphatic rings. The molecule has 0 fully saturated rings. The molecular weight excluding hydrogens is 332 g/mol. The van der Waals surface area contributed by atoms with Crippen molar-refractivity contribution in [3.05, 3.63) is 59.2 Å². The Kier molecular flexibility index (Phi) is 6.60. The molecule has 26 heavy (non-hydrogen) atoms. The van der Waals surface area contributed by atoms with Crippen LogP contribution in [0.1, 0.15) is 35.3 Å². The summed E-state index contributed by atoms with van der Waals surface area (Å²) in [5.74, 6) is 0.154. The van der Waals surface area contributed by atoms with E-state index in [1.807, 2.05) is 45.9 Å². The van der Waals surface area contributed by atoms with Crippen LogP contribution < -0.4 is 20.3 Å². The number of ether oxygens (including phenoxy) is 2. The van der Waals surface area contributed by atoms with Gasteiger partial charge in [0, 0.05) is 0 Å². The molecule has 0 radical (unpaired) electrons. The van der Waals surface area contributed by atoms with Gasteiger partial charge < -0.3 is 9.47 Å². The Hall–Kier alpha value is -3.02. The largest absolute Gasteiger partial charge is 0.490 e. The smallest absolute Gasteiger partial charge is 0.276 e. The highest BCUT2D eigenvalue weighted by Gasteiger charge is 2.14. The van der Waals surface area contributed by atoms with Gasteiger partial charge in [0.2, 0.25) is 0 Å². The molecular formula is C20H24N2O4. The molecule has 2 aromatic carbocycles. The Morgan fingerprint density at radius 1 is 1.00 bits per heavy atom. The van der Waals surface area contributed by atoms with E-state index in [1.165, 1.54) is 0 Å². The van der Waals surface area contributed by atoms with E-state index in [4.69, 9.17) is 9.47 Å². The number of carbonyl (C=O) groups excluding carboxylic acids is 2. The molecule has 138 valence electrons. The third kappa shape index (κ3) is 5.81. The van der Waals surface area contributed by atoms with Crippen molar-refractivity contribution in [3.63, 3.8) is 0 Å². The van der Waals surface area contributed by atoms with Gasteiger partial charge in [0.15, 0.2) is 6.61 Å². The van der Waals surface area contributed by atoms with Crippen molar-refractivity contribution in [2.24, 2.45) is 0 Å². The first-order valence-corrected chi connectivity index (χ1v) is 8.41. The summed E-state index contributed by atoms with van der Waals surface area (Å²) in [6.45, 7) is 7.46. The highest BCUT2D eigenvalue weighted by molar-refractivity contribution is 5.97. The normalized spacial score (nSPS) is 10.3. The minimum Gasteiger partial charge on any atom is -0.490 e. The molecule has 2 amide bonds. The van der Waals surface area contributed by atoms with E-state index in [0.29, 0.717) is 17.1 Å². The molecule has 0 atom stereocenters. The molecule has 0 saturated heterocycles. The first-order valence-electron chi connectivity index (χ1n) is 8.41. The molecule has 2 rings (SSSR count). The van der Waals surface area contributed by atoms with Gasteiger partial charge in [-0.1, -0.05) is 18.2 Å².